The van der Waals surface area contributed by atoms with E-state index >= 15 is 28.8 Å². The van der Waals surface area contributed by atoms with Gasteiger partial charge in [0.25, 0.3) is 33.4 Å². The Kier molecular flexibility index (Phi) is 9.97. The van der Waals surface area contributed by atoms with Crippen LogP contribution in [0.3, 0.4) is 0 Å². The van der Waals surface area contributed by atoms with Gasteiger partial charge in [0.1, 0.15) is 0 Å². The van der Waals surface area contributed by atoms with E-state index in [4.69, 9.17) is 0 Å². The van der Waals surface area contributed by atoms with Crippen molar-refractivity contribution in [1.29, 1.82) is 0 Å². The van der Waals surface area contributed by atoms with Crippen LogP contribution in [-0.2, 0) is 0 Å². The van der Waals surface area contributed by atoms with Crippen LogP contribution in [0.25, 0.3) is 118 Å². The van der Waals surface area contributed by atoms with Gasteiger partial charge in [0.2, 0.25) is 17.8 Å². The Morgan fingerprint density at radius 1 is 0.213 bits per heavy atom. The van der Waals surface area contributed by atoms with Gasteiger partial charge >= 0.3 is 0 Å². The SMILES string of the molecule is O=c1c2c3c(=O)n(-c4nc(-c5ccncc5)nc(-c5ccncc5)n4)c(=O)c3c3c(=O)n(-c4nc(-c5ccncc5)nc(-c5ccncc5)n4)c(=O)c3c2c(=O)n1-c1nc(-c2ccncc2)nc(-c2ccncc2)n1. The maximum Gasteiger partial charge on any atom is 0.269 e. The number of nitrogens with zero attached hydrogens (tertiary/aromatic N) is 18. The molecular formula is C51H24N18O6. The summed E-state index contributed by atoms with van der Waals surface area (Å²) in [5, 5.41) is -4.18. The molecule has 0 atom stereocenters. The smallest absolute Gasteiger partial charge is 0.268 e. The van der Waals surface area contributed by atoms with E-state index in [0.29, 0.717) is 47.1 Å². The molecule has 13 aromatic rings. The Hall–Kier alpha value is -11.4. The van der Waals surface area contributed by atoms with Crippen LogP contribution in [0, 0.1) is 0 Å². The van der Waals surface area contributed by atoms with Crippen LogP contribution in [0.5, 0.6) is 0 Å². The van der Waals surface area contributed by atoms with E-state index in [1.807, 2.05) is 0 Å². The predicted molar refractivity (Wildman–Crippen MR) is 268 cm³/mol. The molecule has 0 fully saturated rings. The Labute approximate surface area is 415 Å². The zero-order valence-electron chi connectivity index (χ0n) is 37.9. The van der Waals surface area contributed by atoms with Crippen LogP contribution < -0.4 is 33.4 Å². The maximum absolute atomic E-state index is 15.4. The summed E-state index contributed by atoms with van der Waals surface area (Å²) in [7, 11) is 0. The van der Waals surface area contributed by atoms with E-state index in [2.05, 4.69) is 74.8 Å². The van der Waals surface area contributed by atoms with Crippen LogP contribution in [0.4, 0.5) is 0 Å². The van der Waals surface area contributed by atoms with Gasteiger partial charge in [-0.3, -0.25) is 58.7 Å². The van der Waals surface area contributed by atoms with Crippen molar-refractivity contribution in [2.45, 2.75) is 0 Å². The molecule has 0 spiro atoms. The third-order valence-electron chi connectivity index (χ3n) is 12.1. The minimum atomic E-state index is -1.21. The zero-order valence-corrected chi connectivity index (χ0v) is 37.9. The molecule has 0 amide bonds. The van der Waals surface area contributed by atoms with Gasteiger partial charge in [0.15, 0.2) is 34.9 Å². The van der Waals surface area contributed by atoms with Gasteiger partial charge in [-0.1, -0.05) is 0 Å². The highest BCUT2D eigenvalue weighted by molar-refractivity contribution is 6.25. The monoisotopic (exact) mass is 984 g/mol. The quantitative estimate of drug-likeness (QED) is 0.201. The average Bonchev–Trinajstić information content (AvgIpc) is 4.13. The maximum atomic E-state index is 15.4. The van der Waals surface area contributed by atoms with Crippen molar-refractivity contribution in [2.75, 3.05) is 0 Å². The molecule has 0 saturated heterocycles. The third-order valence-corrected chi connectivity index (χ3v) is 12.1. The summed E-state index contributed by atoms with van der Waals surface area (Å²) in [6, 6.07) is 19.1. The number of hydrogen-bond donors (Lipinski definition) is 0. The van der Waals surface area contributed by atoms with E-state index in [0.717, 1.165) is 0 Å². The largest absolute Gasteiger partial charge is 0.269 e. The number of hydrogen-bond acceptors (Lipinski definition) is 21. The van der Waals surface area contributed by atoms with Crippen molar-refractivity contribution in [3.8, 4) is 86.2 Å². The van der Waals surface area contributed by atoms with Gasteiger partial charge in [0, 0.05) is 108 Å². The lowest BCUT2D eigenvalue weighted by atomic mass is 10.0. The molecule has 12 aromatic heterocycles. The summed E-state index contributed by atoms with van der Waals surface area (Å²) < 4.78 is 1.67. The minimum absolute atomic E-state index is 0.00534. The molecule has 24 heteroatoms. The number of rotatable bonds is 9. The predicted octanol–water partition coefficient (Wildman–Crippen LogP) is 2.92. The van der Waals surface area contributed by atoms with Gasteiger partial charge in [-0.05, 0) is 72.8 Å². The van der Waals surface area contributed by atoms with E-state index in [-0.39, 0.29) is 34.9 Å². The third kappa shape index (κ3) is 7.04. The van der Waals surface area contributed by atoms with Gasteiger partial charge < -0.3 is 0 Å². The van der Waals surface area contributed by atoms with Crippen molar-refractivity contribution >= 4 is 32.3 Å². The first kappa shape index (κ1) is 43.6. The highest BCUT2D eigenvalue weighted by Gasteiger charge is 2.34. The number of benzene rings is 1. The normalized spacial score (nSPS) is 11.5. The van der Waals surface area contributed by atoms with Crippen LogP contribution in [0.15, 0.2) is 176 Å². The van der Waals surface area contributed by atoms with Crippen molar-refractivity contribution in [3.05, 3.63) is 209 Å². The second-order valence-corrected chi connectivity index (χ2v) is 16.4. The molecule has 0 bridgehead atoms. The van der Waals surface area contributed by atoms with Crippen molar-refractivity contribution < 1.29 is 0 Å². The van der Waals surface area contributed by atoms with Crippen molar-refractivity contribution in [1.82, 2.24) is 88.5 Å². The Morgan fingerprint density at radius 3 is 0.507 bits per heavy atom. The van der Waals surface area contributed by atoms with Gasteiger partial charge in [-0.15, -0.1) is 0 Å². The van der Waals surface area contributed by atoms with E-state index < -0.39 is 83.5 Å². The summed E-state index contributed by atoms with van der Waals surface area (Å²) in [5.41, 5.74) is -4.79. The molecule has 13 rings (SSSR count). The van der Waals surface area contributed by atoms with E-state index in [1.165, 1.54) is 74.4 Å². The molecular weight excluding hydrogens is 961 g/mol. The first-order valence-corrected chi connectivity index (χ1v) is 22.3. The van der Waals surface area contributed by atoms with Gasteiger partial charge in [-0.2, -0.15) is 29.9 Å². The lowest BCUT2D eigenvalue weighted by Gasteiger charge is -2.07. The first-order valence-electron chi connectivity index (χ1n) is 22.3. The zero-order chi connectivity index (χ0) is 50.9. The molecule has 0 N–H and O–H groups in total. The lowest BCUT2D eigenvalue weighted by Crippen LogP contribution is -2.27. The van der Waals surface area contributed by atoms with Crippen LogP contribution in [0.1, 0.15) is 0 Å². The second kappa shape index (κ2) is 17.2. The summed E-state index contributed by atoms with van der Waals surface area (Å²) in [4.78, 5) is 158. The van der Waals surface area contributed by atoms with Crippen molar-refractivity contribution in [2.24, 2.45) is 0 Å². The van der Waals surface area contributed by atoms with Gasteiger partial charge in [-0.25, -0.2) is 28.7 Å². The number of aromatic nitrogens is 18. The standard InChI is InChI=1S/C51H24N18O6/c70-43-31-32(44(71)67(43)49-61-37(25-1-13-52-14-2-25)58-38(62-49)26-3-15-53-16-4-26)34-36(48(75)69(46(34)73)51-65-41(29-9-21-56-22-10-29)60-42(66-51)30-11-23-57-24-12-30)35-33(31)45(72)68(47(35)74)50-63-39(27-5-17-54-18-6-27)59-40(64-50)28-7-19-55-20-8-28/h1-24H. The second-order valence-electron chi connectivity index (χ2n) is 16.4. The van der Waals surface area contributed by atoms with Crippen LogP contribution in [0.2, 0.25) is 0 Å². The fourth-order valence-electron chi connectivity index (χ4n) is 8.70. The Balaban J connectivity index is 1.17. The summed E-state index contributed by atoms with van der Waals surface area (Å²) in [6.07, 6.45) is 17.8. The molecule has 0 unspecified atom stereocenters. The Bertz CT molecular complexity index is 3980. The number of fused-ring (bicyclic) bond motifs is 6. The molecule has 0 aliphatic heterocycles. The highest BCUT2D eigenvalue weighted by atomic mass is 16.2. The molecule has 1 aromatic carbocycles. The Morgan fingerprint density at radius 2 is 0.360 bits per heavy atom. The molecule has 0 aliphatic carbocycles. The molecule has 0 saturated carbocycles. The van der Waals surface area contributed by atoms with Crippen LogP contribution in [-0.4, -0.2) is 88.5 Å². The fourth-order valence-corrected chi connectivity index (χ4v) is 8.70. The van der Waals surface area contributed by atoms with Crippen LogP contribution >= 0.6 is 0 Å². The molecule has 354 valence electrons. The summed E-state index contributed by atoms with van der Waals surface area (Å²) >= 11 is 0. The van der Waals surface area contributed by atoms with Crippen molar-refractivity contribution in [3.63, 3.8) is 0 Å². The first-order chi connectivity index (χ1) is 36.7. The topological polar surface area (TPSA) is 311 Å². The van der Waals surface area contributed by atoms with Gasteiger partial charge in [0.05, 0.1) is 32.3 Å². The molecule has 24 nitrogen and oxygen atoms in total. The molecule has 0 aliphatic rings. The lowest BCUT2D eigenvalue weighted by molar-refractivity contribution is 0.866. The number of pyridine rings is 6. The highest BCUT2D eigenvalue weighted by Crippen LogP contribution is 2.30. The summed E-state index contributed by atoms with van der Waals surface area (Å²) in [5.74, 6) is -1.54. The average molecular weight is 985 g/mol. The molecule has 0 radical (unpaired) electrons. The minimum Gasteiger partial charge on any atom is -0.268 e. The molecule has 12 heterocycles. The van der Waals surface area contributed by atoms with E-state index in [9.17, 15) is 0 Å². The summed E-state index contributed by atoms with van der Waals surface area (Å²) in [6.45, 7) is 0. The molecule has 75 heavy (non-hydrogen) atoms. The fraction of sp³-hybridized carbons (Fsp3) is 0. The van der Waals surface area contributed by atoms with E-state index in [1.54, 1.807) is 72.8 Å².